The summed E-state index contributed by atoms with van der Waals surface area (Å²) in [5.41, 5.74) is 1.95. The second-order valence-corrected chi connectivity index (χ2v) is 5.12. The first-order valence-corrected chi connectivity index (χ1v) is 7.37. The fraction of sp³-hybridized carbons (Fsp3) is 0.533. The van der Waals surface area contributed by atoms with E-state index in [-0.39, 0.29) is 6.10 Å². The Morgan fingerprint density at radius 2 is 2.10 bits per heavy atom. The van der Waals surface area contributed by atoms with Gasteiger partial charge in [0, 0.05) is 32.6 Å². The number of alkyl halides is 1. The van der Waals surface area contributed by atoms with Crippen LogP contribution in [0.3, 0.4) is 0 Å². The van der Waals surface area contributed by atoms with Gasteiger partial charge in [0.1, 0.15) is 11.6 Å². The molecule has 0 aliphatic heterocycles. The zero-order chi connectivity index (χ0) is 15.2. The molecule has 0 saturated heterocycles. The quantitative estimate of drug-likeness (QED) is 0.703. The summed E-state index contributed by atoms with van der Waals surface area (Å²) in [5, 5.41) is 0. The van der Waals surface area contributed by atoms with Gasteiger partial charge in [-0.25, -0.2) is 4.98 Å². The Balaban J connectivity index is 2.40. The maximum absolute atomic E-state index is 5.89. The van der Waals surface area contributed by atoms with Gasteiger partial charge in [0.05, 0.1) is 37.4 Å². The number of hydrogen-bond acceptors (Lipinski definition) is 4. The second-order valence-electron chi connectivity index (χ2n) is 4.75. The van der Waals surface area contributed by atoms with Crippen molar-refractivity contribution in [3.63, 3.8) is 0 Å². The van der Waals surface area contributed by atoms with Crippen LogP contribution in [0.15, 0.2) is 18.2 Å². The van der Waals surface area contributed by atoms with Crippen LogP contribution in [0.25, 0.3) is 11.0 Å². The predicted octanol–water partition coefficient (Wildman–Crippen LogP) is 2.49. The third-order valence-electron chi connectivity index (χ3n) is 3.42. The van der Waals surface area contributed by atoms with Gasteiger partial charge in [-0.05, 0) is 12.1 Å². The Hall–Kier alpha value is -1.30. The van der Waals surface area contributed by atoms with Crippen molar-refractivity contribution >= 4 is 22.6 Å². The number of rotatable bonds is 8. The van der Waals surface area contributed by atoms with Crippen molar-refractivity contribution in [2.75, 3.05) is 33.8 Å². The molecule has 6 heteroatoms. The van der Waals surface area contributed by atoms with Crippen molar-refractivity contribution in [1.82, 2.24) is 9.55 Å². The minimum Gasteiger partial charge on any atom is -0.497 e. The van der Waals surface area contributed by atoms with Crippen molar-refractivity contribution in [2.24, 2.45) is 0 Å². The minimum absolute atomic E-state index is 0.0245. The number of fused-ring (bicyclic) bond motifs is 1. The molecule has 1 atom stereocenters. The smallest absolute Gasteiger partial charge is 0.121 e. The average molecular weight is 313 g/mol. The molecule has 116 valence electrons. The molecule has 0 N–H and O–H groups in total. The first-order chi connectivity index (χ1) is 10.2. The number of ether oxygens (including phenoxy) is 3. The van der Waals surface area contributed by atoms with Crippen LogP contribution in [0, 0.1) is 0 Å². The summed E-state index contributed by atoms with van der Waals surface area (Å²) in [5.74, 6) is 2.28. The molecule has 2 aromatic rings. The number of aromatic nitrogens is 2. The summed E-state index contributed by atoms with van der Waals surface area (Å²) >= 11 is 5.89. The zero-order valence-corrected chi connectivity index (χ0v) is 13.4. The average Bonchev–Trinajstić information content (AvgIpc) is 2.83. The number of hydrogen-bond donors (Lipinski definition) is 0. The lowest BCUT2D eigenvalue weighted by Gasteiger charge is -2.17. The monoisotopic (exact) mass is 312 g/mol. The third-order valence-corrected chi connectivity index (χ3v) is 3.61. The highest BCUT2D eigenvalue weighted by molar-refractivity contribution is 6.17. The van der Waals surface area contributed by atoms with Crippen molar-refractivity contribution < 1.29 is 14.2 Å². The van der Waals surface area contributed by atoms with Crippen LogP contribution >= 0.6 is 11.6 Å². The molecule has 0 aliphatic rings. The van der Waals surface area contributed by atoms with Gasteiger partial charge in [0.25, 0.3) is 0 Å². The molecular weight excluding hydrogens is 292 g/mol. The van der Waals surface area contributed by atoms with Crippen molar-refractivity contribution in [1.29, 1.82) is 0 Å². The van der Waals surface area contributed by atoms with Gasteiger partial charge in [-0.3, -0.25) is 0 Å². The van der Waals surface area contributed by atoms with Crippen LogP contribution in [0.5, 0.6) is 5.75 Å². The summed E-state index contributed by atoms with van der Waals surface area (Å²) in [7, 11) is 5.01. The molecule has 1 aromatic heterocycles. The lowest BCUT2D eigenvalue weighted by molar-refractivity contribution is 0.0186. The van der Waals surface area contributed by atoms with E-state index in [4.69, 9.17) is 25.8 Å². The van der Waals surface area contributed by atoms with Crippen molar-refractivity contribution in [3.8, 4) is 5.75 Å². The van der Waals surface area contributed by atoms with E-state index in [1.54, 1.807) is 21.3 Å². The van der Waals surface area contributed by atoms with E-state index >= 15 is 0 Å². The SMILES string of the molecule is COCC(Cn1c(CCCl)nc2cc(OC)ccc21)OC. The number of benzene rings is 1. The summed E-state index contributed by atoms with van der Waals surface area (Å²) in [6.45, 7) is 1.21. The van der Waals surface area contributed by atoms with E-state index < -0.39 is 0 Å². The van der Waals surface area contributed by atoms with E-state index in [2.05, 4.69) is 9.55 Å². The number of imidazole rings is 1. The molecule has 0 spiro atoms. The Morgan fingerprint density at radius 1 is 1.29 bits per heavy atom. The molecule has 2 rings (SSSR count). The van der Waals surface area contributed by atoms with Crippen molar-refractivity contribution in [2.45, 2.75) is 19.1 Å². The molecule has 0 amide bonds. The second kappa shape index (κ2) is 7.64. The first kappa shape index (κ1) is 16.1. The van der Waals surface area contributed by atoms with Crippen LogP contribution in [0.2, 0.25) is 0 Å². The van der Waals surface area contributed by atoms with Gasteiger partial charge in [0.2, 0.25) is 0 Å². The van der Waals surface area contributed by atoms with Gasteiger partial charge in [0.15, 0.2) is 0 Å². The summed E-state index contributed by atoms with van der Waals surface area (Å²) in [6, 6.07) is 5.88. The van der Waals surface area contributed by atoms with E-state index in [9.17, 15) is 0 Å². The molecule has 1 heterocycles. The molecule has 0 saturated carbocycles. The van der Waals surface area contributed by atoms with Gasteiger partial charge in [-0.15, -0.1) is 11.6 Å². The van der Waals surface area contributed by atoms with E-state index in [1.165, 1.54) is 0 Å². The van der Waals surface area contributed by atoms with E-state index in [1.807, 2.05) is 18.2 Å². The predicted molar refractivity (Wildman–Crippen MR) is 83.4 cm³/mol. The highest BCUT2D eigenvalue weighted by atomic mass is 35.5. The van der Waals surface area contributed by atoms with E-state index in [0.29, 0.717) is 25.5 Å². The first-order valence-electron chi connectivity index (χ1n) is 6.84. The van der Waals surface area contributed by atoms with Gasteiger partial charge < -0.3 is 18.8 Å². The standard InChI is InChI=1S/C15H21ClN2O3/c1-19-10-12(21-3)9-18-14-5-4-11(20-2)8-13(14)17-15(18)6-7-16/h4-5,8,12H,6-7,9-10H2,1-3H3. The lowest BCUT2D eigenvalue weighted by atomic mass is 10.3. The van der Waals surface area contributed by atoms with E-state index in [0.717, 1.165) is 22.6 Å². The Labute approximate surface area is 129 Å². The molecule has 5 nitrogen and oxygen atoms in total. The maximum atomic E-state index is 5.89. The number of aryl methyl sites for hydroxylation is 1. The normalized spacial score (nSPS) is 12.8. The van der Waals surface area contributed by atoms with Crippen molar-refractivity contribution in [3.05, 3.63) is 24.0 Å². The summed E-state index contributed by atoms with van der Waals surface area (Å²) in [6.07, 6.45) is 0.686. The Bertz CT molecular complexity index is 586. The zero-order valence-electron chi connectivity index (χ0n) is 12.6. The van der Waals surface area contributed by atoms with Crippen LogP contribution < -0.4 is 4.74 Å². The number of methoxy groups -OCH3 is 3. The molecular formula is C15H21ClN2O3. The van der Waals surface area contributed by atoms with Gasteiger partial charge >= 0.3 is 0 Å². The molecule has 0 fully saturated rings. The largest absolute Gasteiger partial charge is 0.497 e. The highest BCUT2D eigenvalue weighted by Gasteiger charge is 2.15. The number of nitrogens with zero attached hydrogens (tertiary/aromatic N) is 2. The Morgan fingerprint density at radius 3 is 2.71 bits per heavy atom. The molecule has 0 aliphatic carbocycles. The summed E-state index contributed by atoms with van der Waals surface area (Å²) < 4.78 is 18.0. The van der Waals surface area contributed by atoms with Crippen LogP contribution in [-0.2, 0) is 22.4 Å². The molecule has 1 aromatic carbocycles. The molecule has 0 radical (unpaired) electrons. The maximum Gasteiger partial charge on any atom is 0.121 e. The lowest BCUT2D eigenvalue weighted by Crippen LogP contribution is -2.24. The number of halogens is 1. The summed E-state index contributed by atoms with van der Waals surface area (Å²) in [4.78, 5) is 4.66. The van der Waals surface area contributed by atoms with Crippen LogP contribution in [0.4, 0.5) is 0 Å². The molecule has 21 heavy (non-hydrogen) atoms. The van der Waals surface area contributed by atoms with Gasteiger partial charge in [-0.2, -0.15) is 0 Å². The fourth-order valence-electron chi connectivity index (χ4n) is 2.35. The Kier molecular flexibility index (Phi) is 5.85. The highest BCUT2D eigenvalue weighted by Crippen LogP contribution is 2.23. The van der Waals surface area contributed by atoms with Crippen LogP contribution in [-0.4, -0.2) is 49.5 Å². The van der Waals surface area contributed by atoms with Gasteiger partial charge in [-0.1, -0.05) is 0 Å². The molecule has 0 bridgehead atoms. The van der Waals surface area contributed by atoms with Crippen LogP contribution in [0.1, 0.15) is 5.82 Å². The fourth-order valence-corrected chi connectivity index (χ4v) is 2.52. The topological polar surface area (TPSA) is 45.5 Å². The third kappa shape index (κ3) is 3.67. The molecule has 1 unspecified atom stereocenters. The minimum atomic E-state index is -0.0245.